The Balaban J connectivity index is 2.69. The van der Waals surface area contributed by atoms with Gasteiger partial charge in [0.05, 0.1) is 25.3 Å². The van der Waals surface area contributed by atoms with E-state index in [9.17, 15) is 0 Å². The first-order valence-electron chi connectivity index (χ1n) is 5.14. The van der Waals surface area contributed by atoms with Crippen LogP contribution in [0.4, 0.5) is 0 Å². The smallest absolute Gasteiger partial charge is 0.136 e. The molecule has 0 aliphatic carbocycles. The van der Waals surface area contributed by atoms with Crippen molar-refractivity contribution in [1.82, 2.24) is 0 Å². The minimum absolute atomic E-state index is 0.137. The second-order valence-electron chi connectivity index (χ2n) is 3.87. The van der Waals surface area contributed by atoms with Gasteiger partial charge in [0, 0.05) is 5.56 Å². The first kappa shape index (κ1) is 11.7. The molecular formula is C12H15BrO3. The third kappa shape index (κ3) is 1.70. The number of rotatable bonds is 3. The second kappa shape index (κ2) is 4.26. The summed E-state index contributed by atoms with van der Waals surface area (Å²) in [5.41, 5.74) is 3.26. The molecule has 1 fully saturated rings. The Morgan fingerprint density at radius 1 is 1.12 bits per heavy atom. The molecule has 88 valence electrons. The Hall–Kier alpha value is -0.740. The summed E-state index contributed by atoms with van der Waals surface area (Å²) in [6.45, 7) is 4.81. The van der Waals surface area contributed by atoms with Crippen LogP contribution in [0.3, 0.4) is 0 Å². The Kier molecular flexibility index (Phi) is 3.13. The van der Waals surface area contributed by atoms with Gasteiger partial charge in [-0.15, -0.1) is 0 Å². The van der Waals surface area contributed by atoms with Crippen LogP contribution in [0.1, 0.15) is 22.8 Å². The Morgan fingerprint density at radius 2 is 1.62 bits per heavy atom. The van der Waals surface area contributed by atoms with E-state index in [1.54, 1.807) is 14.2 Å². The lowest BCUT2D eigenvalue weighted by atomic mass is 10.0. The Labute approximate surface area is 104 Å². The SMILES string of the molecule is COc1c(C)c(C)c(OC)c(C2CO2)c1Br. The van der Waals surface area contributed by atoms with Gasteiger partial charge in [-0.1, -0.05) is 0 Å². The first-order valence-corrected chi connectivity index (χ1v) is 5.93. The van der Waals surface area contributed by atoms with Gasteiger partial charge in [-0.3, -0.25) is 0 Å². The molecule has 1 unspecified atom stereocenters. The number of benzene rings is 1. The zero-order valence-electron chi connectivity index (χ0n) is 9.89. The molecule has 1 heterocycles. The highest BCUT2D eigenvalue weighted by molar-refractivity contribution is 9.10. The summed E-state index contributed by atoms with van der Waals surface area (Å²) in [6.07, 6.45) is 0.137. The maximum atomic E-state index is 5.47. The van der Waals surface area contributed by atoms with Gasteiger partial charge in [0.15, 0.2) is 0 Å². The maximum absolute atomic E-state index is 5.47. The standard InChI is InChI=1S/C12H15BrO3/c1-6-7(2)12(15-4)10(13)9(8-5-16-8)11(6)14-3/h8H,5H2,1-4H3. The van der Waals surface area contributed by atoms with Gasteiger partial charge >= 0.3 is 0 Å². The van der Waals surface area contributed by atoms with Crippen molar-refractivity contribution in [2.75, 3.05) is 20.8 Å². The number of hydrogen-bond acceptors (Lipinski definition) is 3. The molecule has 0 saturated carbocycles. The lowest BCUT2D eigenvalue weighted by Gasteiger charge is -2.18. The molecule has 0 amide bonds. The van der Waals surface area contributed by atoms with Gasteiger partial charge in [-0.05, 0) is 40.9 Å². The third-order valence-corrected chi connectivity index (χ3v) is 3.77. The van der Waals surface area contributed by atoms with E-state index in [0.717, 1.165) is 39.3 Å². The fourth-order valence-electron chi connectivity index (χ4n) is 1.94. The summed E-state index contributed by atoms with van der Waals surface area (Å²) in [5, 5.41) is 0. The summed E-state index contributed by atoms with van der Waals surface area (Å²) in [6, 6.07) is 0. The van der Waals surface area contributed by atoms with Gasteiger partial charge in [-0.25, -0.2) is 0 Å². The predicted octanol–water partition coefficient (Wildman–Crippen LogP) is 3.15. The number of epoxide rings is 1. The molecule has 4 heteroatoms. The van der Waals surface area contributed by atoms with Crippen LogP contribution in [-0.2, 0) is 4.74 Å². The van der Waals surface area contributed by atoms with Gasteiger partial charge < -0.3 is 14.2 Å². The second-order valence-corrected chi connectivity index (χ2v) is 4.66. The predicted molar refractivity (Wildman–Crippen MR) is 65.4 cm³/mol. The van der Waals surface area contributed by atoms with E-state index in [2.05, 4.69) is 15.9 Å². The number of halogens is 1. The quantitative estimate of drug-likeness (QED) is 0.800. The van der Waals surface area contributed by atoms with Crippen molar-refractivity contribution in [3.8, 4) is 11.5 Å². The molecule has 0 N–H and O–H groups in total. The molecule has 1 aromatic carbocycles. The zero-order valence-corrected chi connectivity index (χ0v) is 11.5. The van der Waals surface area contributed by atoms with E-state index in [-0.39, 0.29) is 6.10 Å². The molecule has 0 bridgehead atoms. The van der Waals surface area contributed by atoms with E-state index < -0.39 is 0 Å². The van der Waals surface area contributed by atoms with Crippen LogP contribution in [0.15, 0.2) is 4.47 Å². The van der Waals surface area contributed by atoms with Gasteiger partial charge in [0.1, 0.15) is 17.6 Å². The first-order chi connectivity index (χ1) is 7.61. The van der Waals surface area contributed by atoms with Crippen LogP contribution in [0.5, 0.6) is 11.5 Å². The van der Waals surface area contributed by atoms with E-state index >= 15 is 0 Å². The number of methoxy groups -OCH3 is 2. The monoisotopic (exact) mass is 286 g/mol. The molecule has 0 aromatic heterocycles. The molecule has 1 saturated heterocycles. The highest BCUT2D eigenvalue weighted by atomic mass is 79.9. The summed E-state index contributed by atoms with van der Waals surface area (Å²) in [5.74, 6) is 1.76. The fourth-order valence-corrected chi connectivity index (χ4v) is 2.83. The summed E-state index contributed by atoms with van der Waals surface area (Å²) in [7, 11) is 3.36. The highest BCUT2D eigenvalue weighted by Crippen LogP contribution is 2.48. The zero-order chi connectivity index (χ0) is 11.9. The van der Waals surface area contributed by atoms with Crippen molar-refractivity contribution in [3.63, 3.8) is 0 Å². The number of hydrogen-bond donors (Lipinski definition) is 0. The molecule has 1 aliphatic heterocycles. The van der Waals surface area contributed by atoms with Gasteiger partial charge in [0.25, 0.3) is 0 Å². The molecule has 0 spiro atoms. The molecule has 2 rings (SSSR count). The van der Waals surface area contributed by atoms with Crippen molar-refractivity contribution < 1.29 is 14.2 Å². The lowest BCUT2D eigenvalue weighted by molar-refractivity contribution is 0.371. The average molecular weight is 287 g/mol. The van der Waals surface area contributed by atoms with Crippen LogP contribution in [-0.4, -0.2) is 20.8 Å². The molecule has 3 nitrogen and oxygen atoms in total. The molecule has 16 heavy (non-hydrogen) atoms. The van der Waals surface area contributed by atoms with Crippen LogP contribution in [0.2, 0.25) is 0 Å². The maximum Gasteiger partial charge on any atom is 0.136 e. The molecule has 1 atom stereocenters. The fraction of sp³-hybridized carbons (Fsp3) is 0.500. The summed E-state index contributed by atoms with van der Waals surface area (Å²) < 4.78 is 17.2. The van der Waals surface area contributed by atoms with Crippen molar-refractivity contribution >= 4 is 15.9 Å². The Morgan fingerprint density at radius 3 is 2.06 bits per heavy atom. The van der Waals surface area contributed by atoms with E-state index in [0.29, 0.717) is 0 Å². The average Bonchev–Trinajstić information content (AvgIpc) is 3.07. The molecular weight excluding hydrogens is 272 g/mol. The van der Waals surface area contributed by atoms with Crippen LogP contribution < -0.4 is 9.47 Å². The van der Waals surface area contributed by atoms with Crippen molar-refractivity contribution in [3.05, 3.63) is 21.2 Å². The van der Waals surface area contributed by atoms with Crippen LogP contribution in [0, 0.1) is 13.8 Å². The Bertz CT molecular complexity index is 425. The highest BCUT2D eigenvalue weighted by Gasteiger charge is 2.33. The van der Waals surface area contributed by atoms with Gasteiger partial charge in [0.2, 0.25) is 0 Å². The van der Waals surface area contributed by atoms with Crippen LogP contribution >= 0.6 is 15.9 Å². The van der Waals surface area contributed by atoms with E-state index in [1.807, 2.05) is 13.8 Å². The molecule has 1 aromatic rings. The van der Waals surface area contributed by atoms with Gasteiger partial charge in [-0.2, -0.15) is 0 Å². The summed E-state index contributed by atoms with van der Waals surface area (Å²) >= 11 is 3.57. The lowest BCUT2D eigenvalue weighted by Crippen LogP contribution is -2.01. The minimum atomic E-state index is 0.137. The third-order valence-electron chi connectivity index (χ3n) is 2.99. The normalized spacial score (nSPS) is 18.4. The largest absolute Gasteiger partial charge is 0.496 e. The number of ether oxygens (including phenoxy) is 3. The van der Waals surface area contributed by atoms with Crippen molar-refractivity contribution in [2.24, 2.45) is 0 Å². The molecule has 0 radical (unpaired) electrons. The van der Waals surface area contributed by atoms with E-state index in [4.69, 9.17) is 14.2 Å². The minimum Gasteiger partial charge on any atom is -0.496 e. The van der Waals surface area contributed by atoms with Crippen LogP contribution in [0.25, 0.3) is 0 Å². The topological polar surface area (TPSA) is 31.0 Å². The molecule has 1 aliphatic rings. The summed E-state index contributed by atoms with van der Waals surface area (Å²) in [4.78, 5) is 0. The van der Waals surface area contributed by atoms with E-state index in [1.165, 1.54) is 0 Å². The van der Waals surface area contributed by atoms with Crippen molar-refractivity contribution in [2.45, 2.75) is 20.0 Å². The van der Waals surface area contributed by atoms with Crippen molar-refractivity contribution in [1.29, 1.82) is 0 Å².